The molecular weight excluding hydrogens is 435 g/mol. The van der Waals surface area contributed by atoms with Gasteiger partial charge in [0.15, 0.2) is 6.61 Å². The molecule has 156 valence electrons. The monoisotopic (exact) mass is 456 g/mol. The van der Waals surface area contributed by atoms with Gasteiger partial charge >= 0.3 is 0 Å². The summed E-state index contributed by atoms with van der Waals surface area (Å²) in [5.74, 6) is 0.171. The van der Waals surface area contributed by atoms with Crippen LogP contribution in [0.4, 0.5) is 5.69 Å². The topological polar surface area (TPSA) is 75.7 Å². The van der Waals surface area contributed by atoms with Gasteiger partial charge in [-0.15, -0.1) is 0 Å². The molecule has 0 aromatic heterocycles. The van der Waals surface area contributed by atoms with Gasteiger partial charge in [-0.2, -0.15) is 0 Å². The van der Waals surface area contributed by atoms with Crippen molar-refractivity contribution in [2.24, 2.45) is 0 Å². The summed E-state index contributed by atoms with van der Waals surface area (Å²) in [6.07, 6.45) is 4.27. The van der Waals surface area contributed by atoms with Crippen molar-refractivity contribution in [1.29, 1.82) is 0 Å². The van der Waals surface area contributed by atoms with Crippen LogP contribution in [-0.4, -0.2) is 38.9 Å². The van der Waals surface area contributed by atoms with Crippen molar-refractivity contribution in [3.8, 4) is 5.75 Å². The molecule has 3 rings (SSSR count). The first-order chi connectivity index (χ1) is 13.8. The minimum Gasteiger partial charge on any atom is -0.482 e. The summed E-state index contributed by atoms with van der Waals surface area (Å²) in [6.45, 7) is 1.35. The standard InChI is InChI=1S/C20H22Cl2N2O4S/c21-15-5-7-16(8-6-15)23-29(26,27)17-9-10-19(18(22)13-17)28-14-20(25)24-11-3-1-2-4-12-24/h5-10,13,23H,1-4,11-12,14H2. The van der Waals surface area contributed by atoms with E-state index in [0.29, 0.717) is 10.7 Å². The number of nitrogens with one attached hydrogen (secondary N) is 1. The highest BCUT2D eigenvalue weighted by atomic mass is 35.5. The van der Waals surface area contributed by atoms with E-state index >= 15 is 0 Å². The molecule has 0 unspecified atom stereocenters. The molecule has 2 aromatic carbocycles. The van der Waals surface area contributed by atoms with Crippen LogP contribution in [-0.2, 0) is 14.8 Å². The highest BCUT2D eigenvalue weighted by Gasteiger charge is 2.19. The summed E-state index contributed by atoms with van der Waals surface area (Å²) < 4.78 is 33.1. The summed E-state index contributed by atoms with van der Waals surface area (Å²) in [6, 6.07) is 10.4. The van der Waals surface area contributed by atoms with E-state index in [0.717, 1.165) is 38.8 Å². The Balaban J connectivity index is 1.64. The molecule has 29 heavy (non-hydrogen) atoms. The predicted octanol–water partition coefficient (Wildman–Crippen LogP) is 4.58. The third-order valence-electron chi connectivity index (χ3n) is 4.62. The fourth-order valence-corrected chi connectivity index (χ4v) is 4.56. The van der Waals surface area contributed by atoms with Gasteiger partial charge in [-0.1, -0.05) is 36.0 Å². The number of hydrogen-bond acceptors (Lipinski definition) is 4. The average Bonchev–Trinajstić information content (AvgIpc) is 2.98. The summed E-state index contributed by atoms with van der Waals surface area (Å²) in [7, 11) is -3.83. The van der Waals surface area contributed by atoms with Crippen molar-refractivity contribution in [3.63, 3.8) is 0 Å². The first-order valence-electron chi connectivity index (χ1n) is 9.34. The second-order valence-corrected chi connectivity index (χ2v) is 9.31. The third-order valence-corrected chi connectivity index (χ3v) is 6.55. The van der Waals surface area contributed by atoms with E-state index in [1.54, 1.807) is 29.2 Å². The number of sulfonamides is 1. The molecule has 0 aliphatic carbocycles. The molecule has 1 N–H and O–H groups in total. The first kappa shape index (κ1) is 21.7. The lowest BCUT2D eigenvalue weighted by atomic mass is 10.2. The van der Waals surface area contributed by atoms with Crippen LogP contribution in [0.5, 0.6) is 5.75 Å². The number of nitrogens with zero attached hydrogens (tertiary/aromatic N) is 1. The minimum atomic E-state index is -3.83. The normalized spacial score (nSPS) is 14.9. The van der Waals surface area contributed by atoms with E-state index in [2.05, 4.69) is 4.72 Å². The fraction of sp³-hybridized carbons (Fsp3) is 0.350. The average molecular weight is 457 g/mol. The van der Waals surface area contributed by atoms with Gasteiger partial charge in [0.05, 0.1) is 9.92 Å². The van der Waals surface area contributed by atoms with Crippen molar-refractivity contribution in [2.45, 2.75) is 30.6 Å². The lowest BCUT2D eigenvalue weighted by Gasteiger charge is -2.20. The Morgan fingerprint density at radius 2 is 1.66 bits per heavy atom. The number of carbonyl (C=O) groups is 1. The number of benzene rings is 2. The van der Waals surface area contributed by atoms with Gasteiger partial charge < -0.3 is 9.64 Å². The highest BCUT2D eigenvalue weighted by Crippen LogP contribution is 2.28. The van der Waals surface area contributed by atoms with Crippen molar-refractivity contribution >= 4 is 44.8 Å². The third kappa shape index (κ3) is 6.01. The molecule has 1 saturated heterocycles. The quantitative estimate of drug-likeness (QED) is 0.689. The van der Waals surface area contributed by atoms with E-state index in [4.69, 9.17) is 27.9 Å². The first-order valence-corrected chi connectivity index (χ1v) is 11.6. The lowest BCUT2D eigenvalue weighted by molar-refractivity contribution is -0.133. The smallest absolute Gasteiger partial charge is 0.261 e. The lowest BCUT2D eigenvalue weighted by Crippen LogP contribution is -2.35. The predicted molar refractivity (Wildman–Crippen MR) is 114 cm³/mol. The Morgan fingerprint density at radius 3 is 2.28 bits per heavy atom. The highest BCUT2D eigenvalue weighted by molar-refractivity contribution is 7.92. The van der Waals surface area contributed by atoms with Gasteiger partial charge in [-0.05, 0) is 55.3 Å². The maximum atomic E-state index is 12.6. The number of likely N-dealkylation sites (tertiary alicyclic amines) is 1. The molecule has 6 nitrogen and oxygen atoms in total. The van der Waals surface area contributed by atoms with Crippen molar-refractivity contribution < 1.29 is 17.9 Å². The molecule has 9 heteroatoms. The van der Waals surface area contributed by atoms with E-state index in [1.165, 1.54) is 18.2 Å². The molecule has 0 spiro atoms. The summed E-state index contributed by atoms with van der Waals surface area (Å²) in [4.78, 5) is 14.1. The second kappa shape index (κ2) is 9.69. The van der Waals surface area contributed by atoms with Crippen LogP contribution in [0.3, 0.4) is 0 Å². The summed E-state index contributed by atoms with van der Waals surface area (Å²) in [5.41, 5.74) is 0.383. The molecule has 0 atom stereocenters. The van der Waals surface area contributed by atoms with Crippen LogP contribution in [0.25, 0.3) is 0 Å². The van der Waals surface area contributed by atoms with Crippen molar-refractivity contribution in [2.75, 3.05) is 24.4 Å². The van der Waals surface area contributed by atoms with Gasteiger partial charge in [-0.3, -0.25) is 9.52 Å². The van der Waals surface area contributed by atoms with Gasteiger partial charge in [0.1, 0.15) is 5.75 Å². The number of carbonyl (C=O) groups excluding carboxylic acids is 1. The molecular formula is C20H22Cl2N2O4S. The maximum absolute atomic E-state index is 12.6. The number of hydrogen-bond donors (Lipinski definition) is 1. The Morgan fingerprint density at radius 1 is 1.00 bits per heavy atom. The molecule has 1 fully saturated rings. The molecule has 0 radical (unpaired) electrons. The number of halogens is 2. The summed E-state index contributed by atoms with van der Waals surface area (Å²) >= 11 is 12.0. The SMILES string of the molecule is O=C(COc1ccc(S(=O)(=O)Nc2ccc(Cl)cc2)cc1Cl)N1CCCCCC1. The van der Waals surface area contributed by atoms with Crippen LogP contribution in [0, 0.1) is 0 Å². The minimum absolute atomic E-state index is 0.0105. The van der Waals surface area contributed by atoms with E-state index < -0.39 is 10.0 Å². The Labute approximate surface area is 180 Å². The maximum Gasteiger partial charge on any atom is 0.261 e. The zero-order valence-corrected chi connectivity index (χ0v) is 18.1. The van der Waals surface area contributed by atoms with E-state index in [-0.39, 0.29) is 28.2 Å². The second-order valence-electron chi connectivity index (χ2n) is 6.79. The molecule has 2 aromatic rings. The van der Waals surface area contributed by atoms with Crippen molar-refractivity contribution in [1.82, 2.24) is 4.90 Å². The van der Waals surface area contributed by atoms with Gasteiger partial charge in [0.25, 0.3) is 15.9 Å². The largest absolute Gasteiger partial charge is 0.482 e. The molecule has 0 bridgehead atoms. The van der Waals surface area contributed by atoms with Crippen LogP contribution in [0.2, 0.25) is 10.0 Å². The molecule has 1 heterocycles. The van der Waals surface area contributed by atoms with Gasteiger partial charge in [0.2, 0.25) is 0 Å². The Hall–Kier alpha value is -1.96. The summed E-state index contributed by atoms with van der Waals surface area (Å²) in [5, 5.41) is 0.625. The fourth-order valence-electron chi connectivity index (χ4n) is 3.05. The number of amides is 1. The number of rotatable bonds is 6. The van der Waals surface area contributed by atoms with E-state index in [9.17, 15) is 13.2 Å². The van der Waals surface area contributed by atoms with E-state index in [1.807, 2.05) is 0 Å². The van der Waals surface area contributed by atoms with Crippen LogP contribution < -0.4 is 9.46 Å². The Kier molecular flexibility index (Phi) is 7.27. The van der Waals surface area contributed by atoms with Gasteiger partial charge in [0, 0.05) is 23.8 Å². The zero-order chi connectivity index (χ0) is 20.9. The van der Waals surface area contributed by atoms with Crippen LogP contribution >= 0.6 is 23.2 Å². The van der Waals surface area contributed by atoms with Crippen LogP contribution in [0.1, 0.15) is 25.7 Å². The van der Waals surface area contributed by atoms with Gasteiger partial charge in [-0.25, -0.2) is 8.42 Å². The number of anilines is 1. The molecule has 1 amide bonds. The van der Waals surface area contributed by atoms with Crippen molar-refractivity contribution in [3.05, 3.63) is 52.5 Å². The molecule has 1 aliphatic heterocycles. The zero-order valence-electron chi connectivity index (χ0n) is 15.7. The Bertz CT molecular complexity index is 957. The molecule has 1 aliphatic rings. The number of ether oxygens (including phenoxy) is 1. The van der Waals surface area contributed by atoms with Crippen LogP contribution in [0.15, 0.2) is 47.4 Å². The molecule has 0 saturated carbocycles.